The molecule has 1 saturated heterocycles. The van der Waals surface area contributed by atoms with Crippen LogP contribution in [0.25, 0.3) is 0 Å². The van der Waals surface area contributed by atoms with Crippen molar-refractivity contribution in [1.82, 2.24) is 10.2 Å². The standard InChI is InChI=1S/C19H30N2OS/c1-17(23-16-18-10-5-4-6-11-18)19(22)20-12-9-15-21-13-7-2-3-8-14-21/h4-6,10-11,17H,2-3,7-9,12-16H2,1H3,(H,20,22). The molecule has 0 aromatic heterocycles. The van der Waals surface area contributed by atoms with E-state index < -0.39 is 0 Å². The van der Waals surface area contributed by atoms with Crippen molar-refractivity contribution < 1.29 is 4.79 Å². The van der Waals surface area contributed by atoms with Crippen molar-refractivity contribution in [1.29, 1.82) is 0 Å². The molecular formula is C19H30N2OS. The number of rotatable bonds is 8. The van der Waals surface area contributed by atoms with Crippen LogP contribution in [0, 0.1) is 0 Å². The Labute approximate surface area is 145 Å². The van der Waals surface area contributed by atoms with Gasteiger partial charge in [0.05, 0.1) is 5.25 Å². The van der Waals surface area contributed by atoms with Crippen molar-refractivity contribution in [2.45, 2.75) is 50.0 Å². The third-order valence-electron chi connectivity index (χ3n) is 4.36. The summed E-state index contributed by atoms with van der Waals surface area (Å²) in [6.07, 6.45) is 6.48. The largest absolute Gasteiger partial charge is 0.355 e. The van der Waals surface area contributed by atoms with E-state index in [-0.39, 0.29) is 11.2 Å². The predicted octanol–water partition coefficient (Wildman–Crippen LogP) is 3.69. The first-order valence-electron chi connectivity index (χ1n) is 8.91. The van der Waals surface area contributed by atoms with Gasteiger partial charge in [-0.3, -0.25) is 4.79 Å². The van der Waals surface area contributed by atoms with Crippen LogP contribution in [0.5, 0.6) is 0 Å². The van der Waals surface area contributed by atoms with E-state index in [9.17, 15) is 4.79 Å². The SMILES string of the molecule is CC(SCc1ccccc1)C(=O)NCCCN1CCCCCC1. The average Bonchev–Trinajstić information content (AvgIpc) is 2.86. The second kappa shape index (κ2) is 10.7. The third kappa shape index (κ3) is 7.40. The fourth-order valence-electron chi connectivity index (χ4n) is 2.89. The van der Waals surface area contributed by atoms with Gasteiger partial charge in [0.2, 0.25) is 5.91 Å². The van der Waals surface area contributed by atoms with Gasteiger partial charge in [-0.2, -0.15) is 0 Å². The smallest absolute Gasteiger partial charge is 0.232 e. The maximum absolute atomic E-state index is 12.1. The Morgan fingerprint density at radius 1 is 1.17 bits per heavy atom. The van der Waals surface area contributed by atoms with Crippen LogP contribution in [0.4, 0.5) is 0 Å². The third-order valence-corrected chi connectivity index (χ3v) is 5.58. The number of carbonyl (C=O) groups is 1. The molecule has 23 heavy (non-hydrogen) atoms. The highest BCUT2D eigenvalue weighted by Gasteiger charge is 2.13. The van der Waals surface area contributed by atoms with E-state index in [1.807, 2.05) is 25.1 Å². The van der Waals surface area contributed by atoms with E-state index in [1.54, 1.807) is 11.8 Å². The first-order valence-corrected chi connectivity index (χ1v) is 9.96. The van der Waals surface area contributed by atoms with Crippen molar-refractivity contribution in [3.05, 3.63) is 35.9 Å². The van der Waals surface area contributed by atoms with Gasteiger partial charge >= 0.3 is 0 Å². The molecule has 0 bridgehead atoms. The van der Waals surface area contributed by atoms with Gasteiger partial charge in [-0.25, -0.2) is 0 Å². The summed E-state index contributed by atoms with van der Waals surface area (Å²) in [5.41, 5.74) is 1.28. The number of nitrogens with one attached hydrogen (secondary N) is 1. The Kier molecular flexibility index (Phi) is 8.54. The molecule has 1 heterocycles. The molecule has 1 aliphatic rings. The number of likely N-dealkylation sites (tertiary alicyclic amines) is 1. The maximum atomic E-state index is 12.1. The van der Waals surface area contributed by atoms with Crippen LogP contribution in [-0.2, 0) is 10.5 Å². The molecule has 1 aromatic carbocycles. The number of hydrogen-bond donors (Lipinski definition) is 1. The molecule has 1 N–H and O–H groups in total. The lowest BCUT2D eigenvalue weighted by molar-refractivity contribution is -0.120. The van der Waals surface area contributed by atoms with Crippen molar-refractivity contribution in [2.75, 3.05) is 26.2 Å². The van der Waals surface area contributed by atoms with E-state index in [4.69, 9.17) is 0 Å². The minimum absolute atomic E-state index is 0.00777. The summed E-state index contributed by atoms with van der Waals surface area (Å²) in [5.74, 6) is 1.06. The molecule has 1 aromatic rings. The summed E-state index contributed by atoms with van der Waals surface area (Å²) in [6, 6.07) is 10.3. The Balaban J connectivity index is 1.56. The van der Waals surface area contributed by atoms with Crippen LogP contribution < -0.4 is 5.32 Å². The molecule has 1 amide bonds. The average molecular weight is 335 g/mol. The molecule has 0 radical (unpaired) electrons. The van der Waals surface area contributed by atoms with Gasteiger partial charge in [0.1, 0.15) is 0 Å². The normalized spacial score (nSPS) is 17.4. The zero-order valence-electron chi connectivity index (χ0n) is 14.3. The lowest BCUT2D eigenvalue weighted by Gasteiger charge is -2.20. The lowest BCUT2D eigenvalue weighted by atomic mass is 10.2. The Bertz CT molecular complexity index is 444. The summed E-state index contributed by atoms with van der Waals surface area (Å²) in [5, 5.41) is 3.10. The fourth-order valence-corrected chi connectivity index (χ4v) is 3.76. The van der Waals surface area contributed by atoms with Gasteiger partial charge in [0.25, 0.3) is 0 Å². The zero-order chi connectivity index (χ0) is 16.3. The van der Waals surface area contributed by atoms with Crippen LogP contribution >= 0.6 is 11.8 Å². The topological polar surface area (TPSA) is 32.3 Å². The molecule has 2 rings (SSSR count). The zero-order valence-corrected chi connectivity index (χ0v) is 15.1. The molecule has 1 fully saturated rings. The van der Waals surface area contributed by atoms with Gasteiger partial charge in [-0.05, 0) is 51.4 Å². The van der Waals surface area contributed by atoms with Gasteiger partial charge in [-0.15, -0.1) is 11.8 Å². The van der Waals surface area contributed by atoms with Crippen LogP contribution in [0.15, 0.2) is 30.3 Å². The minimum Gasteiger partial charge on any atom is -0.355 e. The first kappa shape index (κ1) is 18.3. The molecule has 128 valence electrons. The number of carbonyl (C=O) groups excluding carboxylic acids is 1. The highest BCUT2D eigenvalue weighted by Crippen LogP contribution is 2.17. The van der Waals surface area contributed by atoms with Crippen molar-refractivity contribution in [3.63, 3.8) is 0 Å². The number of benzene rings is 1. The minimum atomic E-state index is 0.00777. The van der Waals surface area contributed by atoms with E-state index in [0.717, 1.165) is 25.3 Å². The summed E-state index contributed by atoms with van der Waals surface area (Å²) in [7, 11) is 0. The maximum Gasteiger partial charge on any atom is 0.232 e. The van der Waals surface area contributed by atoms with Gasteiger partial charge < -0.3 is 10.2 Å². The molecule has 4 heteroatoms. The summed E-state index contributed by atoms with van der Waals surface area (Å²) >= 11 is 1.70. The monoisotopic (exact) mass is 334 g/mol. The molecular weight excluding hydrogens is 304 g/mol. The molecule has 0 spiro atoms. The van der Waals surface area contributed by atoms with E-state index in [1.165, 1.54) is 44.3 Å². The van der Waals surface area contributed by atoms with Gasteiger partial charge in [0.15, 0.2) is 0 Å². The Hall–Kier alpha value is -1.00. The number of thioether (sulfide) groups is 1. The molecule has 0 saturated carbocycles. The van der Waals surface area contributed by atoms with Crippen molar-refractivity contribution in [3.8, 4) is 0 Å². The highest BCUT2D eigenvalue weighted by atomic mass is 32.2. The lowest BCUT2D eigenvalue weighted by Crippen LogP contribution is -2.34. The second-order valence-electron chi connectivity index (χ2n) is 6.34. The summed E-state index contributed by atoms with van der Waals surface area (Å²) < 4.78 is 0. The predicted molar refractivity (Wildman–Crippen MR) is 99.7 cm³/mol. The van der Waals surface area contributed by atoms with Crippen LogP contribution in [-0.4, -0.2) is 42.2 Å². The van der Waals surface area contributed by atoms with Crippen LogP contribution in [0.1, 0.15) is 44.6 Å². The summed E-state index contributed by atoms with van der Waals surface area (Å²) in [4.78, 5) is 14.7. The molecule has 1 atom stereocenters. The van der Waals surface area contributed by atoms with E-state index in [0.29, 0.717) is 0 Å². The molecule has 3 nitrogen and oxygen atoms in total. The van der Waals surface area contributed by atoms with Gasteiger partial charge in [0, 0.05) is 12.3 Å². The molecule has 1 unspecified atom stereocenters. The number of amides is 1. The summed E-state index contributed by atoms with van der Waals surface area (Å²) in [6.45, 7) is 6.38. The number of nitrogens with zero attached hydrogens (tertiary/aromatic N) is 1. The first-order chi connectivity index (χ1) is 11.3. The molecule has 0 aliphatic carbocycles. The van der Waals surface area contributed by atoms with Crippen molar-refractivity contribution in [2.24, 2.45) is 0 Å². The molecule has 1 aliphatic heterocycles. The highest BCUT2D eigenvalue weighted by molar-refractivity contribution is 7.99. The van der Waals surface area contributed by atoms with E-state index >= 15 is 0 Å². The Morgan fingerprint density at radius 3 is 2.57 bits per heavy atom. The quantitative estimate of drug-likeness (QED) is 0.736. The second-order valence-corrected chi connectivity index (χ2v) is 7.67. The van der Waals surface area contributed by atoms with Crippen molar-refractivity contribution >= 4 is 17.7 Å². The fraction of sp³-hybridized carbons (Fsp3) is 0.632. The number of hydrogen-bond acceptors (Lipinski definition) is 3. The van der Waals surface area contributed by atoms with Gasteiger partial charge in [-0.1, -0.05) is 43.2 Å². The Morgan fingerprint density at radius 2 is 1.87 bits per heavy atom. The van der Waals surface area contributed by atoms with Crippen LogP contribution in [0.2, 0.25) is 0 Å². The van der Waals surface area contributed by atoms with E-state index in [2.05, 4.69) is 22.3 Å². The van der Waals surface area contributed by atoms with Crippen LogP contribution in [0.3, 0.4) is 0 Å².